The van der Waals surface area contributed by atoms with Gasteiger partial charge >= 0.3 is 0 Å². The third-order valence-corrected chi connectivity index (χ3v) is 3.45. The van der Waals surface area contributed by atoms with Crippen LogP contribution in [0.25, 0.3) is 0 Å². The summed E-state index contributed by atoms with van der Waals surface area (Å²) >= 11 is 2.46. The molecule has 0 aromatic heterocycles. The van der Waals surface area contributed by atoms with Gasteiger partial charge in [-0.2, -0.15) is 0 Å². The second kappa shape index (κ2) is 3.75. The second-order valence-electron chi connectivity index (χ2n) is 3.18. The zero-order valence-electron chi connectivity index (χ0n) is 6.89. The van der Waals surface area contributed by atoms with Crippen LogP contribution >= 0.6 is 22.6 Å². The van der Waals surface area contributed by atoms with Gasteiger partial charge < -0.3 is 5.32 Å². The minimum atomic E-state index is 0.718. The molecule has 1 aromatic carbocycles. The van der Waals surface area contributed by atoms with Crippen molar-refractivity contribution in [2.75, 3.05) is 11.0 Å². The van der Waals surface area contributed by atoms with Gasteiger partial charge in [-0.3, -0.25) is 0 Å². The highest BCUT2D eigenvalue weighted by Crippen LogP contribution is 2.24. The average Bonchev–Trinajstić information content (AvgIpc) is 2.17. The van der Waals surface area contributed by atoms with Gasteiger partial charge in [-0.25, -0.2) is 0 Å². The van der Waals surface area contributed by atoms with Crippen molar-refractivity contribution < 1.29 is 0 Å². The lowest BCUT2D eigenvalue weighted by Gasteiger charge is -2.24. The van der Waals surface area contributed by atoms with E-state index in [0.717, 1.165) is 19.0 Å². The normalized spacial score (nSPS) is 21.9. The molecule has 0 saturated heterocycles. The fraction of sp³-hybridized carbons (Fsp3) is 0.400. The summed E-state index contributed by atoms with van der Waals surface area (Å²) in [6.07, 6.45) is 0. The summed E-state index contributed by atoms with van der Waals surface area (Å²) < 4.78 is 1.21. The van der Waals surface area contributed by atoms with Crippen LogP contribution in [0.1, 0.15) is 17.0 Å². The molecule has 0 saturated carbocycles. The molecular weight excluding hydrogens is 261 g/mol. The maximum Gasteiger partial charge on any atom is 0.0208 e. The molecule has 0 bridgehead atoms. The summed E-state index contributed by atoms with van der Waals surface area (Å²) in [7, 11) is 0. The molecule has 0 radical (unpaired) electrons. The number of hydrogen-bond acceptors (Lipinski definition) is 1. The lowest BCUT2D eigenvalue weighted by molar-refractivity contribution is 0.580. The lowest BCUT2D eigenvalue weighted by atomic mass is 9.93. The predicted molar refractivity (Wildman–Crippen MR) is 59.8 cm³/mol. The Hall–Kier alpha value is -0.0900. The largest absolute Gasteiger partial charge is 0.312 e. The first-order chi connectivity index (χ1) is 5.92. The Balaban J connectivity index is 2.37. The van der Waals surface area contributed by atoms with E-state index in [4.69, 9.17) is 0 Å². The van der Waals surface area contributed by atoms with Crippen molar-refractivity contribution >= 4 is 22.6 Å². The number of benzene rings is 1. The van der Waals surface area contributed by atoms with Crippen molar-refractivity contribution in [1.82, 2.24) is 5.32 Å². The summed E-state index contributed by atoms with van der Waals surface area (Å²) in [4.78, 5) is 0. The van der Waals surface area contributed by atoms with Gasteiger partial charge in [0, 0.05) is 23.4 Å². The van der Waals surface area contributed by atoms with Crippen LogP contribution < -0.4 is 5.32 Å². The summed E-state index contributed by atoms with van der Waals surface area (Å²) in [6, 6.07) is 8.75. The zero-order chi connectivity index (χ0) is 8.39. The van der Waals surface area contributed by atoms with Crippen LogP contribution in [0.3, 0.4) is 0 Å². The molecule has 1 nitrogen and oxygen atoms in total. The van der Waals surface area contributed by atoms with Crippen molar-refractivity contribution in [2.24, 2.45) is 0 Å². The maximum atomic E-state index is 3.44. The van der Waals surface area contributed by atoms with Crippen LogP contribution in [0.15, 0.2) is 24.3 Å². The lowest BCUT2D eigenvalue weighted by Crippen LogP contribution is -2.28. The van der Waals surface area contributed by atoms with Crippen LogP contribution in [-0.4, -0.2) is 11.0 Å². The average molecular weight is 273 g/mol. The molecule has 1 N–H and O–H groups in total. The summed E-state index contributed by atoms with van der Waals surface area (Å²) in [5.74, 6) is 0.718. The van der Waals surface area contributed by atoms with E-state index in [1.54, 1.807) is 5.56 Å². The Kier molecular flexibility index (Phi) is 2.66. The van der Waals surface area contributed by atoms with E-state index in [2.05, 4.69) is 52.2 Å². The van der Waals surface area contributed by atoms with Crippen LogP contribution in [0, 0.1) is 0 Å². The fourth-order valence-corrected chi connectivity index (χ4v) is 2.51. The highest BCUT2D eigenvalue weighted by Gasteiger charge is 2.17. The summed E-state index contributed by atoms with van der Waals surface area (Å²) in [6.45, 7) is 2.18. The SMILES string of the molecule is ICC1CNCc2ccccc21. The quantitative estimate of drug-likeness (QED) is 0.611. The van der Waals surface area contributed by atoms with E-state index in [9.17, 15) is 0 Å². The Bertz CT molecular complexity index is 272. The molecule has 64 valence electrons. The predicted octanol–water partition coefficient (Wildman–Crippen LogP) is 2.31. The van der Waals surface area contributed by atoms with E-state index in [1.165, 1.54) is 9.99 Å². The zero-order valence-corrected chi connectivity index (χ0v) is 9.04. The van der Waals surface area contributed by atoms with Gasteiger partial charge in [0.2, 0.25) is 0 Å². The minimum absolute atomic E-state index is 0.718. The van der Waals surface area contributed by atoms with Gasteiger partial charge in [0.25, 0.3) is 0 Å². The number of hydrogen-bond donors (Lipinski definition) is 1. The van der Waals surface area contributed by atoms with Gasteiger partial charge in [-0.1, -0.05) is 46.9 Å². The molecule has 1 aliphatic rings. The van der Waals surface area contributed by atoms with E-state index in [0.29, 0.717) is 0 Å². The van der Waals surface area contributed by atoms with Gasteiger partial charge in [0.05, 0.1) is 0 Å². The van der Waals surface area contributed by atoms with E-state index in [1.807, 2.05) is 0 Å². The molecule has 1 heterocycles. The van der Waals surface area contributed by atoms with Crippen molar-refractivity contribution in [3.63, 3.8) is 0 Å². The second-order valence-corrected chi connectivity index (χ2v) is 4.06. The topological polar surface area (TPSA) is 12.0 Å². The molecule has 0 fully saturated rings. The first-order valence-electron chi connectivity index (χ1n) is 4.26. The van der Waals surface area contributed by atoms with E-state index >= 15 is 0 Å². The molecule has 1 aromatic rings. The van der Waals surface area contributed by atoms with Crippen molar-refractivity contribution in [1.29, 1.82) is 0 Å². The highest BCUT2D eigenvalue weighted by atomic mass is 127. The highest BCUT2D eigenvalue weighted by molar-refractivity contribution is 14.1. The van der Waals surface area contributed by atoms with Crippen LogP contribution in [-0.2, 0) is 6.54 Å². The number of rotatable bonds is 1. The molecule has 0 spiro atoms. The van der Waals surface area contributed by atoms with Gasteiger partial charge in [0.1, 0.15) is 0 Å². The van der Waals surface area contributed by atoms with Crippen molar-refractivity contribution in [3.8, 4) is 0 Å². The third-order valence-electron chi connectivity index (χ3n) is 2.39. The Morgan fingerprint density at radius 2 is 2.25 bits per heavy atom. The Morgan fingerprint density at radius 1 is 1.42 bits per heavy atom. The van der Waals surface area contributed by atoms with Crippen molar-refractivity contribution in [2.45, 2.75) is 12.5 Å². The van der Waals surface area contributed by atoms with E-state index in [-0.39, 0.29) is 0 Å². The van der Waals surface area contributed by atoms with Gasteiger partial charge in [-0.05, 0) is 11.1 Å². The Morgan fingerprint density at radius 3 is 3.08 bits per heavy atom. The molecule has 2 heteroatoms. The Labute approximate surface area is 86.7 Å². The maximum absolute atomic E-state index is 3.44. The fourth-order valence-electron chi connectivity index (χ4n) is 1.72. The smallest absolute Gasteiger partial charge is 0.0208 e. The summed E-state index contributed by atoms with van der Waals surface area (Å²) in [5.41, 5.74) is 3.02. The number of halogens is 1. The first-order valence-corrected chi connectivity index (χ1v) is 5.79. The van der Waals surface area contributed by atoms with Crippen LogP contribution in [0.2, 0.25) is 0 Å². The number of nitrogens with one attached hydrogen (secondary N) is 1. The number of fused-ring (bicyclic) bond motifs is 1. The molecule has 1 atom stereocenters. The molecule has 2 rings (SSSR count). The minimum Gasteiger partial charge on any atom is -0.312 e. The molecule has 1 unspecified atom stereocenters. The molecule has 1 aliphatic heterocycles. The van der Waals surface area contributed by atoms with Crippen LogP contribution in [0.5, 0.6) is 0 Å². The summed E-state index contributed by atoms with van der Waals surface area (Å²) in [5, 5.41) is 3.44. The van der Waals surface area contributed by atoms with Gasteiger partial charge in [-0.15, -0.1) is 0 Å². The monoisotopic (exact) mass is 273 g/mol. The molecule has 0 aliphatic carbocycles. The van der Waals surface area contributed by atoms with Crippen molar-refractivity contribution in [3.05, 3.63) is 35.4 Å². The van der Waals surface area contributed by atoms with E-state index < -0.39 is 0 Å². The van der Waals surface area contributed by atoms with Crippen LogP contribution in [0.4, 0.5) is 0 Å². The van der Waals surface area contributed by atoms with Gasteiger partial charge in [0.15, 0.2) is 0 Å². The first kappa shape index (κ1) is 8.51. The third kappa shape index (κ3) is 1.50. The standard InChI is InChI=1S/C10H12IN/c11-5-9-7-12-6-8-3-1-2-4-10(8)9/h1-4,9,12H,5-7H2. The molecular formula is C10H12IN. The molecule has 0 amide bonds. The molecule has 12 heavy (non-hydrogen) atoms. The number of alkyl halides is 1.